The van der Waals surface area contributed by atoms with Crippen LogP contribution in [0.25, 0.3) is 0 Å². The van der Waals surface area contributed by atoms with Gasteiger partial charge in [-0.2, -0.15) is 0 Å². The predicted molar refractivity (Wildman–Crippen MR) is 45.9 cm³/mol. The number of β-amino-alcohol motifs (C(OH)–C–C–N with tert-alkyl or cyclic N) is 2. The van der Waals surface area contributed by atoms with Gasteiger partial charge in [0.05, 0.1) is 11.7 Å². The summed E-state index contributed by atoms with van der Waals surface area (Å²) in [6.45, 7) is 2.27. The Morgan fingerprint density at radius 2 is 1.83 bits per heavy atom. The minimum atomic E-state index is -0.430. The lowest BCUT2D eigenvalue weighted by molar-refractivity contribution is -0.0577. The van der Waals surface area contributed by atoms with Crippen LogP contribution in [0, 0.1) is 0 Å². The van der Waals surface area contributed by atoms with Crippen molar-refractivity contribution in [2.75, 3.05) is 19.6 Å². The molecule has 2 rings (SSSR count). The second-order valence-corrected chi connectivity index (χ2v) is 4.28. The number of nitrogens with zero attached hydrogens (tertiary/aromatic N) is 1. The van der Waals surface area contributed by atoms with Gasteiger partial charge in [0, 0.05) is 19.6 Å². The van der Waals surface area contributed by atoms with Crippen molar-refractivity contribution in [3.63, 3.8) is 0 Å². The molecule has 0 amide bonds. The van der Waals surface area contributed by atoms with Crippen LogP contribution in [0.15, 0.2) is 0 Å². The minimum absolute atomic E-state index is 0.144. The summed E-state index contributed by atoms with van der Waals surface area (Å²) in [4.78, 5) is 2.13. The van der Waals surface area contributed by atoms with E-state index in [0.29, 0.717) is 0 Å². The van der Waals surface area contributed by atoms with Gasteiger partial charge in [-0.05, 0) is 12.8 Å². The highest BCUT2D eigenvalue weighted by molar-refractivity contribution is 4.91. The maximum atomic E-state index is 9.99. The molecule has 1 heterocycles. The highest BCUT2D eigenvalue weighted by Gasteiger charge is 2.36. The highest BCUT2D eigenvalue weighted by atomic mass is 16.3. The maximum absolute atomic E-state index is 9.99. The molecule has 1 aliphatic carbocycles. The van der Waals surface area contributed by atoms with Crippen molar-refractivity contribution >= 4 is 0 Å². The van der Waals surface area contributed by atoms with Crippen molar-refractivity contribution in [3.05, 3.63) is 0 Å². The molecule has 3 heteroatoms. The average molecular weight is 171 g/mol. The van der Waals surface area contributed by atoms with Gasteiger partial charge in [0.15, 0.2) is 0 Å². The minimum Gasteiger partial charge on any atom is -0.390 e. The lowest BCUT2D eigenvalue weighted by atomic mass is 9.99. The number of hydrogen-bond acceptors (Lipinski definition) is 3. The third-order valence-corrected chi connectivity index (χ3v) is 2.99. The second-order valence-electron chi connectivity index (χ2n) is 4.28. The molecule has 70 valence electrons. The summed E-state index contributed by atoms with van der Waals surface area (Å²) in [5, 5.41) is 19.0. The third kappa shape index (κ3) is 1.63. The fraction of sp³-hybridized carbons (Fsp3) is 1.00. The van der Waals surface area contributed by atoms with Crippen LogP contribution in [0.2, 0.25) is 0 Å². The van der Waals surface area contributed by atoms with Crippen molar-refractivity contribution in [2.45, 2.75) is 37.4 Å². The molecule has 0 aromatic heterocycles. The molecular formula is C9H17NO2. The molecular weight excluding hydrogens is 154 g/mol. The number of aliphatic hydroxyl groups excluding tert-OH is 1. The second kappa shape index (κ2) is 2.98. The standard InChI is InChI=1S/C9H17NO2/c11-8-5-10(6-8)7-9(12)3-1-2-4-9/h8,11-12H,1-7H2. The first-order chi connectivity index (χ1) is 5.68. The van der Waals surface area contributed by atoms with E-state index in [1.54, 1.807) is 0 Å². The first kappa shape index (κ1) is 8.48. The molecule has 0 aromatic carbocycles. The van der Waals surface area contributed by atoms with E-state index in [1.807, 2.05) is 0 Å². The van der Waals surface area contributed by atoms with Gasteiger partial charge in [-0.25, -0.2) is 0 Å². The molecule has 1 saturated carbocycles. The van der Waals surface area contributed by atoms with E-state index in [4.69, 9.17) is 5.11 Å². The van der Waals surface area contributed by atoms with Crippen LogP contribution < -0.4 is 0 Å². The van der Waals surface area contributed by atoms with Crippen molar-refractivity contribution in [2.24, 2.45) is 0 Å². The number of rotatable bonds is 2. The summed E-state index contributed by atoms with van der Waals surface area (Å²) >= 11 is 0. The molecule has 12 heavy (non-hydrogen) atoms. The Kier molecular flexibility index (Phi) is 2.10. The van der Waals surface area contributed by atoms with E-state index in [0.717, 1.165) is 45.3 Å². The largest absolute Gasteiger partial charge is 0.390 e. The van der Waals surface area contributed by atoms with E-state index in [1.165, 1.54) is 0 Å². The van der Waals surface area contributed by atoms with Gasteiger partial charge >= 0.3 is 0 Å². The fourth-order valence-corrected chi connectivity index (χ4v) is 2.28. The van der Waals surface area contributed by atoms with Crippen molar-refractivity contribution < 1.29 is 10.2 Å². The van der Waals surface area contributed by atoms with Crippen molar-refractivity contribution in [1.29, 1.82) is 0 Å². The molecule has 2 aliphatic rings. The van der Waals surface area contributed by atoms with Gasteiger partial charge in [-0.1, -0.05) is 12.8 Å². The topological polar surface area (TPSA) is 43.7 Å². The van der Waals surface area contributed by atoms with Gasteiger partial charge < -0.3 is 10.2 Å². The first-order valence-corrected chi connectivity index (χ1v) is 4.81. The van der Waals surface area contributed by atoms with Crippen LogP contribution in [0.4, 0.5) is 0 Å². The molecule has 0 bridgehead atoms. The SMILES string of the molecule is OC1CN(CC2(O)CCCC2)C1. The summed E-state index contributed by atoms with van der Waals surface area (Å²) in [7, 11) is 0. The van der Waals surface area contributed by atoms with Gasteiger partial charge in [0.1, 0.15) is 0 Å². The zero-order chi connectivity index (χ0) is 8.60. The Bertz CT molecular complexity index is 160. The molecule has 0 unspecified atom stereocenters. The molecule has 0 aromatic rings. The average Bonchev–Trinajstić information content (AvgIpc) is 2.33. The van der Waals surface area contributed by atoms with Crippen LogP contribution in [-0.4, -0.2) is 46.5 Å². The Balaban J connectivity index is 1.78. The third-order valence-electron chi connectivity index (χ3n) is 2.99. The van der Waals surface area contributed by atoms with Gasteiger partial charge in [0.2, 0.25) is 0 Å². The zero-order valence-electron chi connectivity index (χ0n) is 7.37. The molecule has 3 nitrogen and oxygen atoms in total. The summed E-state index contributed by atoms with van der Waals surface area (Å²) < 4.78 is 0. The van der Waals surface area contributed by atoms with E-state index in [9.17, 15) is 5.11 Å². The Morgan fingerprint density at radius 3 is 2.33 bits per heavy atom. The van der Waals surface area contributed by atoms with Crippen molar-refractivity contribution in [1.82, 2.24) is 4.90 Å². The van der Waals surface area contributed by atoms with Crippen LogP contribution in [0.1, 0.15) is 25.7 Å². The summed E-state index contributed by atoms with van der Waals surface area (Å²) in [6, 6.07) is 0. The van der Waals surface area contributed by atoms with Crippen LogP contribution in [-0.2, 0) is 0 Å². The molecule has 2 N–H and O–H groups in total. The van der Waals surface area contributed by atoms with Crippen LogP contribution in [0.5, 0.6) is 0 Å². The number of aliphatic hydroxyl groups is 2. The van der Waals surface area contributed by atoms with Crippen molar-refractivity contribution in [3.8, 4) is 0 Å². The monoisotopic (exact) mass is 171 g/mol. The number of hydrogen-bond donors (Lipinski definition) is 2. The predicted octanol–water partition coefficient (Wildman–Crippen LogP) is -0.0320. The van der Waals surface area contributed by atoms with E-state index >= 15 is 0 Å². The normalized spacial score (nSPS) is 30.5. The van der Waals surface area contributed by atoms with Crippen LogP contribution >= 0.6 is 0 Å². The van der Waals surface area contributed by atoms with E-state index < -0.39 is 5.60 Å². The molecule has 1 aliphatic heterocycles. The van der Waals surface area contributed by atoms with Gasteiger partial charge in [-0.15, -0.1) is 0 Å². The molecule has 0 atom stereocenters. The highest BCUT2D eigenvalue weighted by Crippen LogP contribution is 2.31. The molecule has 2 fully saturated rings. The Labute approximate surface area is 73.0 Å². The van der Waals surface area contributed by atoms with Crippen LogP contribution in [0.3, 0.4) is 0 Å². The summed E-state index contributed by atoms with van der Waals surface area (Å²) in [5.41, 5.74) is -0.430. The lowest BCUT2D eigenvalue weighted by Gasteiger charge is -2.40. The Hall–Kier alpha value is -0.120. The van der Waals surface area contributed by atoms with E-state index in [-0.39, 0.29) is 6.10 Å². The van der Waals surface area contributed by atoms with Gasteiger partial charge in [0.25, 0.3) is 0 Å². The van der Waals surface area contributed by atoms with E-state index in [2.05, 4.69) is 4.90 Å². The summed E-state index contributed by atoms with van der Waals surface area (Å²) in [6.07, 6.45) is 4.06. The number of likely N-dealkylation sites (tertiary alicyclic amines) is 1. The molecule has 0 radical (unpaired) electrons. The maximum Gasteiger partial charge on any atom is 0.0793 e. The zero-order valence-corrected chi connectivity index (χ0v) is 7.37. The smallest absolute Gasteiger partial charge is 0.0793 e. The Morgan fingerprint density at radius 1 is 1.25 bits per heavy atom. The summed E-state index contributed by atoms with van der Waals surface area (Å²) in [5.74, 6) is 0. The molecule has 0 spiro atoms. The fourth-order valence-electron chi connectivity index (χ4n) is 2.28. The van der Waals surface area contributed by atoms with Gasteiger partial charge in [-0.3, -0.25) is 4.90 Å². The lowest BCUT2D eigenvalue weighted by Crippen LogP contribution is -2.55. The molecule has 1 saturated heterocycles. The quantitative estimate of drug-likeness (QED) is 0.613. The first-order valence-electron chi connectivity index (χ1n) is 4.81.